The number of aromatic nitrogens is 1. The Bertz CT molecular complexity index is 1590. The highest BCUT2D eigenvalue weighted by molar-refractivity contribution is 6.33. The Labute approximate surface area is 279 Å². The number of hydrogen-bond donors (Lipinski definition) is 3. The maximum atomic E-state index is 11.2. The molecule has 0 radical (unpaired) electrons. The Kier molecular flexibility index (Phi) is 13.0. The van der Waals surface area contributed by atoms with Crippen molar-refractivity contribution in [1.29, 1.82) is 0 Å². The number of pyridine rings is 1. The molecular formula is C38H47ClN6O. The van der Waals surface area contributed by atoms with Gasteiger partial charge in [0.15, 0.2) is 0 Å². The lowest BCUT2D eigenvalue weighted by atomic mass is 9.98. The second-order valence-electron chi connectivity index (χ2n) is 11.3. The summed E-state index contributed by atoms with van der Waals surface area (Å²) < 4.78 is 0. The Hall–Kier alpha value is -4.36. The molecule has 0 unspecified atom stereocenters. The first-order chi connectivity index (χ1) is 22.4. The number of allylic oxidation sites excluding steroid dienone is 4. The van der Waals surface area contributed by atoms with Crippen LogP contribution in [-0.4, -0.2) is 41.7 Å². The van der Waals surface area contributed by atoms with E-state index >= 15 is 0 Å². The fourth-order valence-electron chi connectivity index (χ4n) is 5.37. The Morgan fingerprint density at radius 1 is 1.00 bits per heavy atom. The number of nitrogens with one attached hydrogen (secondary N) is 3. The quantitative estimate of drug-likeness (QED) is 0.164. The lowest BCUT2D eigenvalue weighted by Crippen LogP contribution is -2.29. The van der Waals surface area contributed by atoms with Crippen molar-refractivity contribution in [3.05, 3.63) is 118 Å². The van der Waals surface area contributed by atoms with Gasteiger partial charge in [-0.05, 0) is 73.4 Å². The highest BCUT2D eigenvalue weighted by Crippen LogP contribution is 2.27. The van der Waals surface area contributed by atoms with E-state index in [2.05, 4.69) is 109 Å². The zero-order valence-electron chi connectivity index (χ0n) is 27.7. The van der Waals surface area contributed by atoms with E-state index < -0.39 is 0 Å². The van der Waals surface area contributed by atoms with E-state index in [9.17, 15) is 4.79 Å². The predicted molar refractivity (Wildman–Crippen MR) is 193 cm³/mol. The number of rotatable bonds is 13. The largest absolute Gasteiger partial charge is 0.387 e. The summed E-state index contributed by atoms with van der Waals surface area (Å²) in [6, 6.07) is 18.0. The van der Waals surface area contributed by atoms with Crippen LogP contribution in [0.4, 0.5) is 5.69 Å². The lowest BCUT2D eigenvalue weighted by molar-refractivity contribution is -0.108. The molecule has 8 heteroatoms. The zero-order valence-corrected chi connectivity index (χ0v) is 28.5. The standard InChI is InChI=1S/C30H36N4O.C8H11ClN2/c1-4-8-27(32-26-16-17-26)18-22-12-14-23(15-13-22)24-10-7-11-25(19-24)28-20-29(31-21-35)30(9-5-2)34(6-3)33-28;1-3-6-4-11-5-7(9)8(6)10-2/h7-15,19-21,26,32H,4-6,16-18H2,1-3H3,(H,31,35);4-5H,3H2,1-2H3,(H,10,11)/b27-8+,30-9+;. The van der Waals surface area contributed by atoms with Gasteiger partial charge in [-0.15, -0.1) is 0 Å². The number of likely N-dealkylation sites (N-methyl/N-ethyl adjacent to an activating group) is 1. The monoisotopic (exact) mass is 638 g/mol. The van der Waals surface area contributed by atoms with Crippen molar-refractivity contribution >= 4 is 29.4 Å². The van der Waals surface area contributed by atoms with Crippen LogP contribution in [0.2, 0.25) is 5.02 Å². The van der Waals surface area contributed by atoms with E-state index in [4.69, 9.17) is 16.7 Å². The molecule has 2 heterocycles. The predicted octanol–water partition coefficient (Wildman–Crippen LogP) is 8.24. The third kappa shape index (κ3) is 9.33. The maximum absolute atomic E-state index is 11.2. The number of halogens is 1. The number of hydrazone groups is 1. The first-order valence-corrected chi connectivity index (χ1v) is 16.8. The molecule has 1 aliphatic carbocycles. The summed E-state index contributed by atoms with van der Waals surface area (Å²) in [6.45, 7) is 9.13. The minimum absolute atomic E-state index is 0.672. The minimum Gasteiger partial charge on any atom is -0.387 e. The van der Waals surface area contributed by atoms with Crippen LogP contribution in [0.25, 0.3) is 11.1 Å². The number of hydrogen-bond acceptors (Lipinski definition) is 6. The van der Waals surface area contributed by atoms with E-state index in [0.717, 1.165) is 78.1 Å². The van der Waals surface area contributed by atoms with Crippen molar-refractivity contribution in [2.75, 3.05) is 18.9 Å². The summed E-state index contributed by atoms with van der Waals surface area (Å²) in [4.78, 5) is 15.2. The molecule has 3 N–H and O–H groups in total. The van der Waals surface area contributed by atoms with Gasteiger partial charge in [0, 0.05) is 49.7 Å². The van der Waals surface area contributed by atoms with Gasteiger partial charge in [0.05, 0.1) is 27.8 Å². The van der Waals surface area contributed by atoms with Gasteiger partial charge in [-0.1, -0.05) is 87.0 Å². The molecule has 7 nitrogen and oxygen atoms in total. The van der Waals surface area contributed by atoms with Gasteiger partial charge < -0.3 is 16.0 Å². The highest BCUT2D eigenvalue weighted by atomic mass is 35.5. The van der Waals surface area contributed by atoms with Gasteiger partial charge in [-0.3, -0.25) is 14.8 Å². The Morgan fingerprint density at radius 2 is 1.76 bits per heavy atom. The number of nitrogens with zero attached hydrogens (tertiary/aromatic N) is 3. The van der Waals surface area contributed by atoms with E-state index in [1.54, 1.807) is 6.20 Å². The van der Waals surface area contributed by atoms with Crippen LogP contribution in [0.1, 0.15) is 70.1 Å². The molecule has 1 aliphatic heterocycles. The van der Waals surface area contributed by atoms with E-state index in [0.29, 0.717) is 11.1 Å². The summed E-state index contributed by atoms with van der Waals surface area (Å²) in [5.41, 5.74) is 10.7. The molecule has 1 fully saturated rings. The third-order valence-corrected chi connectivity index (χ3v) is 8.13. The molecule has 2 aliphatic rings. The van der Waals surface area contributed by atoms with Crippen LogP contribution in [0, 0.1) is 0 Å². The number of aryl methyl sites for hydroxylation is 1. The van der Waals surface area contributed by atoms with Crippen molar-refractivity contribution in [2.24, 2.45) is 5.10 Å². The van der Waals surface area contributed by atoms with Gasteiger partial charge in [0.2, 0.25) is 6.41 Å². The Morgan fingerprint density at radius 3 is 2.37 bits per heavy atom. The van der Waals surface area contributed by atoms with Crippen LogP contribution >= 0.6 is 11.6 Å². The normalized spacial score (nSPS) is 15.4. The summed E-state index contributed by atoms with van der Waals surface area (Å²) >= 11 is 5.88. The van der Waals surface area contributed by atoms with Crippen molar-refractivity contribution in [3.8, 4) is 11.1 Å². The Balaban J connectivity index is 0.000000369. The SMILES string of the molecule is CC/C=C(\Cc1ccc(-c2cccc(C3=NN(CC)/C(=C/CC)C(NC=O)=C3)c2)cc1)NC1CC1.CCc1cncc(Cl)c1NC. The number of anilines is 1. The molecule has 5 rings (SSSR count). The second kappa shape index (κ2) is 17.4. The number of carbonyl (C=O) groups excluding carboxylic acids is 1. The van der Waals surface area contributed by atoms with E-state index in [1.807, 2.05) is 24.3 Å². The van der Waals surface area contributed by atoms with Crippen molar-refractivity contribution in [3.63, 3.8) is 0 Å². The first kappa shape index (κ1) is 34.5. The van der Waals surface area contributed by atoms with E-state index in [1.165, 1.54) is 29.7 Å². The van der Waals surface area contributed by atoms with Crippen LogP contribution in [-0.2, 0) is 17.6 Å². The lowest BCUT2D eigenvalue weighted by Gasteiger charge is -2.27. The van der Waals surface area contributed by atoms with Crippen LogP contribution < -0.4 is 16.0 Å². The van der Waals surface area contributed by atoms with E-state index in [-0.39, 0.29) is 0 Å². The zero-order chi connectivity index (χ0) is 32.9. The molecule has 3 aromatic rings. The second-order valence-corrected chi connectivity index (χ2v) is 11.7. The third-order valence-electron chi connectivity index (χ3n) is 7.84. The average molecular weight is 639 g/mol. The molecule has 1 saturated carbocycles. The molecule has 1 amide bonds. The van der Waals surface area contributed by atoms with Gasteiger partial charge in [-0.25, -0.2) is 0 Å². The summed E-state index contributed by atoms with van der Waals surface area (Å²) in [5, 5.41) is 17.1. The summed E-state index contributed by atoms with van der Waals surface area (Å²) in [7, 11) is 1.86. The van der Waals surface area contributed by atoms with Gasteiger partial charge in [-0.2, -0.15) is 5.10 Å². The first-order valence-electron chi connectivity index (χ1n) is 16.4. The van der Waals surface area contributed by atoms with Crippen LogP contribution in [0.5, 0.6) is 0 Å². The molecule has 1 aromatic heterocycles. The topological polar surface area (TPSA) is 81.7 Å². The minimum atomic E-state index is 0.672. The van der Waals surface area contributed by atoms with Crippen LogP contribution in [0.15, 0.2) is 101 Å². The van der Waals surface area contributed by atoms with Crippen molar-refractivity contribution in [1.82, 2.24) is 20.6 Å². The number of amides is 1. The molecule has 0 bridgehead atoms. The molecule has 242 valence electrons. The maximum Gasteiger partial charge on any atom is 0.211 e. The molecule has 0 saturated heterocycles. The molecular weight excluding hydrogens is 592 g/mol. The number of benzene rings is 2. The molecule has 46 heavy (non-hydrogen) atoms. The molecule has 2 aromatic carbocycles. The molecule has 0 atom stereocenters. The average Bonchev–Trinajstić information content (AvgIpc) is 3.90. The summed E-state index contributed by atoms with van der Waals surface area (Å²) in [6.07, 6.45) is 16.9. The fraction of sp³-hybridized carbons (Fsp3) is 0.342. The highest BCUT2D eigenvalue weighted by Gasteiger charge is 2.22. The molecule has 0 spiro atoms. The fourth-order valence-corrected chi connectivity index (χ4v) is 5.64. The van der Waals surface area contributed by atoms with Crippen LogP contribution in [0.3, 0.4) is 0 Å². The van der Waals surface area contributed by atoms with Gasteiger partial charge in [0.1, 0.15) is 0 Å². The smallest absolute Gasteiger partial charge is 0.211 e. The number of carbonyl (C=O) groups is 1. The van der Waals surface area contributed by atoms with Crippen molar-refractivity contribution in [2.45, 2.75) is 72.3 Å². The van der Waals surface area contributed by atoms with Gasteiger partial charge >= 0.3 is 0 Å². The van der Waals surface area contributed by atoms with Crippen molar-refractivity contribution < 1.29 is 4.79 Å². The summed E-state index contributed by atoms with van der Waals surface area (Å²) in [5.74, 6) is 0. The van der Waals surface area contributed by atoms with Gasteiger partial charge in [0.25, 0.3) is 0 Å².